The van der Waals surface area contributed by atoms with Crippen molar-refractivity contribution < 1.29 is 13.2 Å². The first-order chi connectivity index (χ1) is 36.4. The van der Waals surface area contributed by atoms with E-state index in [0.29, 0.717) is 22.4 Å². The fourth-order valence-corrected chi connectivity index (χ4v) is 11.4. The molecular weight excluding hydrogens is 919 g/mol. The normalized spacial score (nSPS) is 12.7. The van der Waals surface area contributed by atoms with Gasteiger partial charge in [0.1, 0.15) is 0 Å². The summed E-state index contributed by atoms with van der Waals surface area (Å²) in [6.45, 7) is -0.0404. The zero-order chi connectivity index (χ0) is 49.5. The summed E-state index contributed by atoms with van der Waals surface area (Å²) >= 11 is 0. The van der Waals surface area contributed by atoms with Crippen LogP contribution in [0.1, 0.15) is 5.56 Å². The molecule has 0 saturated heterocycles. The molecule has 2 aromatic heterocycles. The van der Waals surface area contributed by atoms with Gasteiger partial charge in [-0.15, -0.1) is 0 Å². The van der Waals surface area contributed by atoms with E-state index in [0.717, 1.165) is 67.2 Å². The average molecular weight is 960 g/mol. The molecule has 0 radical (unpaired) electrons. The number of benzene rings is 10. The maximum atomic E-state index is 15.8. The predicted molar refractivity (Wildman–Crippen MR) is 297 cm³/mol. The molecule has 4 heterocycles. The Bertz CT molecular complexity index is 3970. The van der Waals surface area contributed by atoms with Crippen molar-refractivity contribution in [3.63, 3.8) is 0 Å². The minimum Gasteiger partial charge on any atom is -0.311 e. The van der Waals surface area contributed by atoms with Gasteiger partial charge < -0.3 is 14.4 Å². The summed E-state index contributed by atoms with van der Waals surface area (Å²) in [5, 5.41) is 1.67. The monoisotopic (exact) mass is 959 g/mol. The van der Waals surface area contributed by atoms with Gasteiger partial charge in [-0.05, 0) is 119 Å². The maximum absolute atomic E-state index is 15.8. The highest BCUT2D eigenvalue weighted by atomic mass is 19.4. The molecule has 0 saturated carbocycles. The molecule has 12 aromatic rings. The smallest absolute Gasteiger partial charge is 0.311 e. The van der Waals surface area contributed by atoms with Crippen LogP contribution in [0.3, 0.4) is 0 Å². The van der Waals surface area contributed by atoms with Gasteiger partial charge in [0.2, 0.25) is 0 Å². The number of halogens is 3. The van der Waals surface area contributed by atoms with Crippen LogP contribution in [-0.2, 0) is 6.18 Å². The third kappa shape index (κ3) is 7.03. The molecular formula is C65H41BF3N5. The number of hydrogen-bond donors (Lipinski definition) is 0. The fourth-order valence-electron chi connectivity index (χ4n) is 11.4. The minimum absolute atomic E-state index is 0.0151. The lowest BCUT2D eigenvalue weighted by molar-refractivity contribution is -0.137. The number of anilines is 6. The van der Waals surface area contributed by atoms with Gasteiger partial charge in [-0.3, -0.25) is 0 Å². The number of alkyl halides is 3. The molecule has 0 bridgehead atoms. The Morgan fingerprint density at radius 2 is 0.838 bits per heavy atom. The zero-order valence-electron chi connectivity index (χ0n) is 39.6. The molecule has 0 N–H and O–H groups in total. The summed E-state index contributed by atoms with van der Waals surface area (Å²) in [6.07, 6.45) is -4.73. The molecule has 2 aliphatic rings. The molecule has 350 valence electrons. The second-order valence-corrected chi connectivity index (χ2v) is 18.8. The first kappa shape index (κ1) is 43.3. The van der Waals surface area contributed by atoms with Crippen molar-refractivity contribution in [2.24, 2.45) is 0 Å². The number of fused-ring (bicyclic) bond motifs is 7. The SMILES string of the molecule is FC(F)(F)c1cc(-c2nc(-c3ccccc3)cc(-c3ccccc3)n2)ccc1-n1c2ccccc2c2cc(-c3cc4c5c(c3)N(c3ccccc3)c3ccccc3B5c3ccccc3N4c3ccccc3)ccc21. The predicted octanol–water partition coefficient (Wildman–Crippen LogP) is 15.3. The molecule has 5 nitrogen and oxygen atoms in total. The molecule has 14 rings (SSSR count). The van der Waals surface area contributed by atoms with Gasteiger partial charge in [-0.2, -0.15) is 13.2 Å². The molecule has 0 fully saturated rings. The molecule has 0 unspecified atom stereocenters. The van der Waals surface area contributed by atoms with Crippen LogP contribution in [0.2, 0.25) is 0 Å². The van der Waals surface area contributed by atoms with E-state index < -0.39 is 11.7 Å². The van der Waals surface area contributed by atoms with Gasteiger partial charge in [-0.25, -0.2) is 9.97 Å². The number of nitrogens with zero attached hydrogens (tertiary/aromatic N) is 5. The van der Waals surface area contributed by atoms with Crippen LogP contribution in [0.4, 0.5) is 47.3 Å². The Morgan fingerprint density at radius 1 is 0.351 bits per heavy atom. The molecule has 0 aliphatic carbocycles. The summed E-state index contributed by atoms with van der Waals surface area (Å²) in [5.74, 6) is 0.202. The van der Waals surface area contributed by atoms with Crippen molar-refractivity contribution in [2.45, 2.75) is 6.18 Å². The number of aromatic nitrogens is 3. The largest absolute Gasteiger partial charge is 0.418 e. The van der Waals surface area contributed by atoms with Crippen molar-refractivity contribution in [1.82, 2.24) is 14.5 Å². The standard InChI is InChI=1S/C65H41BF3N5/c67-65(68,69)51-38-45(64-70-54(42-19-5-1-6-20-42)41-55(71-64)43-21-7-2-8-22-43)34-36-58(51)74-56-30-16-13-27-49(56)50-37-44(33-35-57(50)74)46-39-61-63-62(40-46)73(48-25-11-4-12-26-48)60-32-18-15-29-53(60)66(63)52-28-14-17-31-59(52)72(61)47-23-9-3-10-24-47/h1-41H. The van der Waals surface area contributed by atoms with Gasteiger partial charge in [-0.1, -0.05) is 158 Å². The summed E-state index contributed by atoms with van der Waals surface area (Å²) in [4.78, 5) is 14.5. The number of rotatable bonds is 7. The highest BCUT2D eigenvalue weighted by molar-refractivity contribution is 7.00. The van der Waals surface area contributed by atoms with Crippen molar-refractivity contribution in [3.8, 4) is 50.7 Å². The van der Waals surface area contributed by atoms with E-state index in [2.05, 4.69) is 125 Å². The lowest BCUT2D eigenvalue weighted by Crippen LogP contribution is -2.61. The Balaban J connectivity index is 0.965. The van der Waals surface area contributed by atoms with Crippen molar-refractivity contribution >= 4 is 79.0 Å². The maximum Gasteiger partial charge on any atom is 0.418 e. The lowest BCUT2D eigenvalue weighted by atomic mass is 9.33. The zero-order valence-corrected chi connectivity index (χ0v) is 39.6. The Hall–Kier alpha value is -9.47. The van der Waals surface area contributed by atoms with Crippen LogP contribution in [0.15, 0.2) is 249 Å². The molecule has 74 heavy (non-hydrogen) atoms. The summed E-state index contributed by atoms with van der Waals surface area (Å²) < 4.78 is 49.1. The third-order valence-corrected chi connectivity index (χ3v) is 14.6. The molecule has 0 amide bonds. The molecule has 0 atom stereocenters. The highest BCUT2D eigenvalue weighted by Crippen LogP contribution is 2.47. The van der Waals surface area contributed by atoms with Crippen LogP contribution >= 0.6 is 0 Å². The van der Waals surface area contributed by atoms with Crippen molar-refractivity contribution in [2.75, 3.05) is 9.80 Å². The first-order valence-electron chi connectivity index (χ1n) is 24.7. The Kier molecular flexibility index (Phi) is 10.0. The third-order valence-electron chi connectivity index (χ3n) is 14.6. The van der Waals surface area contributed by atoms with Crippen LogP contribution in [0.5, 0.6) is 0 Å². The summed E-state index contributed by atoms with van der Waals surface area (Å²) in [7, 11) is 0. The average Bonchev–Trinajstić information content (AvgIpc) is 3.87. The van der Waals surface area contributed by atoms with Crippen molar-refractivity contribution in [3.05, 3.63) is 254 Å². The fraction of sp³-hybridized carbons (Fsp3) is 0.0154. The van der Waals surface area contributed by atoms with E-state index in [-0.39, 0.29) is 23.8 Å². The van der Waals surface area contributed by atoms with Gasteiger partial charge in [0, 0.05) is 61.6 Å². The quantitative estimate of drug-likeness (QED) is 0.149. The molecule has 2 aliphatic heterocycles. The van der Waals surface area contributed by atoms with Crippen LogP contribution in [0.25, 0.3) is 72.5 Å². The van der Waals surface area contributed by atoms with E-state index in [1.165, 1.54) is 22.5 Å². The minimum atomic E-state index is -4.73. The Morgan fingerprint density at radius 3 is 1.41 bits per heavy atom. The number of para-hydroxylation sites is 5. The lowest BCUT2D eigenvalue weighted by Gasteiger charge is -2.44. The van der Waals surface area contributed by atoms with Crippen LogP contribution < -0.4 is 26.2 Å². The summed E-state index contributed by atoms with van der Waals surface area (Å²) in [6, 6.07) is 82.5. The van der Waals surface area contributed by atoms with Crippen LogP contribution in [0, 0.1) is 0 Å². The molecule has 9 heteroatoms. The topological polar surface area (TPSA) is 37.2 Å². The van der Waals surface area contributed by atoms with Gasteiger partial charge in [0.25, 0.3) is 6.71 Å². The summed E-state index contributed by atoms with van der Waals surface area (Å²) in [5.41, 5.74) is 15.7. The first-order valence-corrected chi connectivity index (χ1v) is 24.7. The Labute approximate surface area is 425 Å². The highest BCUT2D eigenvalue weighted by Gasteiger charge is 2.43. The van der Waals surface area contributed by atoms with E-state index >= 15 is 13.2 Å². The van der Waals surface area contributed by atoms with Crippen LogP contribution in [-0.4, -0.2) is 21.2 Å². The van der Waals surface area contributed by atoms with Gasteiger partial charge >= 0.3 is 6.18 Å². The van der Waals surface area contributed by atoms with E-state index in [1.54, 1.807) is 16.7 Å². The van der Waals surface area contributed by atoms with Crippen molar-refractivity contribution in [1.29, 1.82) is 0 Å². The molecule has 0 spiro atoms. The number of hydrogen-bond acceptors (Lipinski definition) is 4. The van der Waals surface area contributed by atoms with Gasteiger partial charge in [0.15, 0.2) is 5.82 Å². The second kappa shape index (κ2) is 17.1. The second-order valence-electron chi connectivity index (χ2n) is 18.8. The van der Waals surface area contributed by atoms with E-state index in [9.17, 15) is 0 Å². The van der Waals surface area contributed by atoms with Gasteiger partial charge in [0.05, 0.1) is 33.7 Å². The van der Waals surface area contributed by atoms with E-state index in [4.69, 9.17) is 9.97 Å². The van der Waals surface area contributed by atoms with E-state index in [1.807, 2.05) is 115 Å². The molecule has 10 aromatic carbocycles.